The van der Waals surface area contributed by atoms with Crippen molar-refractivity contribution in [1.29, 1.82) is 0 Å². The van der Waals surface area contributed by atoms with Gasteiger partial charge in [-0.05, 0) is 44.9 Å². The van der Waals surface area contributed by atoms with Gasteiger partial charge in [-0.1, -0.05) is 147 Å². The van der Waals surface area contributed by atoms with E-state index in [-0.39, 0.29) is 19.4 Å². The molecule has 0 saturated carbocycles. The molecule has 6 atom stereocenters. The summed E-state index contributed by atoms with van der Waals surface area (Å²) < 4.78 is 54.0. The summed E-state index contributed by atoms with van der Waals surface area (Å²) in [6.07, 6.45) is 26.5. The Balaban J connectivity index is 2.47. The van der Waals surface area contributed by atoms with Gasteiger partial charge in [0.15, 0.2) is 12.4 Å². The van der Waals surface area contributed by atoms with Crippen LogP contribution in [0.5, 0.6) is 0 Å². The summed E-state index contributed by atoms with van der Waals surface area (Å²) in [4.78, 5) is 25.3. The molecule has 1 saturated heterocycles. The number of aliphatic hydroxyl groups excluding tert-OH is 3. The molecule has 0 spiro atoms. The fourth-order valence-corrected chi connectivity index (χ4v) is 7.28. The molecule has 1 heterocycles. The van der Waals surface area contributed by atoms with Crippen LogP contribution in [0.25, 0.3) is 0 Å². The van der Waals surface area contributed by atoms with Crippen LogP contribution in [0.15, 0.2) is 24.3 Å². The highest BCUT2D eigenvalue weighted by atomic mass is 32.2. The number of aliphatic hydroxyl groups is 3. The number of hydrogen-bond acceptors (Lipinski definition) is 11. The SMILES string of the molecule is CCCCC/C=C\C/C=C\CCCCCCCC(=O)OCC(COC1OC(CS(=O)(=O)O)C(O)C(O)C1O)OC(=O)CCCCCCCCCCCCCCC. The Morgan fingerprint density at radius 2 is 1.07 bits per heavy atom. The van der Waals surface area contributed by atoms with Crippen LogP contribution in [-0.2, 0) is 38.7 Å². The van der Waals surface area contributed by atoms with Crippen LogP contribution >= 0.6 is 0 Å². The van der Waals surface area contributed by atoms with Crippen molar-refractivity contribution in [2.24, 2.45) is 0 Å². The lowest BCUT2D eigenvalue weighted by atomic mass is 10.00. The average molecular weight is 819 g/mol. The third-order valence-electron chi connectivity index (χ3n) is 10.0. The number of unbranched alkanes of at least 4 members (excludes halogenated alkanes) is 20. The van der Waals surface area contributed by atoms with E-state index in [9.17, 15) is 37.9 Å². The van der Waals surface area contributed by atoms with Gasteiger partial charge in [0.1, 0.15) is 36.8 Å². The molecule has 328 valence electrons. The number of carbonyl (C=O) groups excluding carboxylic acids is 2. The molecule has 1 fully saturated rings. The monoisotopic (exact) mass is 819 g/mol. The van der Waals surface area contributed by atoms with Gasteiger partial charge >= 0.3 is 11.9 Å². The van der Waals surface area contributed by atoms with Crippen LogP contribution in [0.1, 0.15) is 181 Å². The Bertz CT molecular complexity index is 1140. The molecule has 13 heteroatoms. The molecule has 1 aliphatic heterocycles. The van der Waals surface area contributed by atoms with E-state index in [2.05, 4.69) is 38.2 Å². The lowest BCUT2D eigenvalue weighted by Crippen LogP contribution is -2.60. The first-order chi connectivity index (χ1) is 27.0. The zero-order valence-electron chi connectivity index (χ0n) is 34.7. The van der Waals surface area contributed by atoms with Gasteiger partial charge in [-0.2, -0.15) is 8.42 Å². The summed E-state index contributed by atoms with van der Waals surface area (Å²) in [5.41, 5.74) is 0. The van der Waals surface area contributed by atoms with Gasteiger partial charge in [-0.15, -0.1) is 0 Å². The van der Waals surface area contributed by atoms with E-state index < -0.39 is 71.2 Å². The lowest BCUT2D eigenvalue weighted by Gasteiger charge is -2.40. The van der Waals surface area contributed by atoms with Crippen molar-refractivity contribution in [2.75, 3.05) is 19.0 Å². The van der Waals surface area contributed by atoms with Crippen molar-refractivity contribution >= 4 is 22.1 Å². The lowest BCUT2D eigenvalue weighted by molar-refractivity contribution is -0.297. The minimum Gasteiger partial charge on any atom is -0.462 e. The third-order valence-corrected chi connectivity index (χ3v) is 10.8. The summed E-state index contributed by atoms with van der Waals surface area (Å²) in [5.74, 6) is -1.99. The second-order valence-electron chi connectivity index (χ2n) is 15.4. The maximum atomic E-state index is 12.8. The van der Waals surface area contributed by atoms with E-state index in [0.29, 0.717) is 12.8 Å². The second kappa shape index (κ2) is 34.0. The highest BCUT2D eigenvalue weighted by molar-refractivity contribution is 7.85. The van der Waals surface area contributed by atoms with Crippen LogP contribution in [0.3, 0.4) is 0 Å². The smallest absolute Gasteiger partial charge is 0.306 e. The van der Waals surface area contributed by atoms with Crippen LogP contribution in [0, 0.1) is 0 Å². The van der Waals surface area contributed by atoms with Crippen LogP contribution < -0.4 is 0 Å². The molecule has 0 amide bonds. The zero-order chi connectivity index (χ0) is 41.3. The van der Waals surface area contributed by atoms with Gasteiger partial charge in [-0.25, -0.2) is 0 Å². The van der Waals surface area contributed by atoms with Crippen LogP contribution in [0.4, 0.5) is 0 Å². The van der Waals surface area contributed by atoms with Gasteiger partial charge in [-0.3, -0.25) is 14.1 Å². The molecule has 0 aromatic heterocycles. The summed E-state index contributed by atoms with van der Waals surface area (Å²) in [7, 11) is -4.60. The highest BCUT2D eigenvalue weighted by Gasteiger charge is 2.46. The van der Waals surface area contributed by atoms with Crippen LogP contribution in [0.2, 0.25) is 0 Å². The Labute approximate surface area is 338 Å². The Kier molecular flexibility index (Phi) is 31.7. The summed E-state index contributed by atoms with van der Waals surface area (Å²) in [5, 5.41) is 30.8. The predicted molar refractivity (Wildman–Crippen MR) is 220 cm³/mol. The van der Waals surface area contributed by atoms with Crippen LogP contribution in [-0.4, -0.2) is 96.0 Å². The number of carbonyl (C=O) groups is 2. The van der Waals surface area contributed by atoms with E-state index in [4.69, 9.17) is 18.9 Å². The first-order valence-corrected chi connectivity index (χ1v) is 23.5. The van der Waals surface area contributed by atoms with Crippen molar-refractivity contribution in [3.8, 4) is 0 Å². The van der Waals surface area contributed by atoms with E-state index >= 15 is 0 Å². The minimum atomic E-state index is -4.60. The quantitative estimate of drug-likeness (QED) is 0.0205. The van der Waals surface area contributed by atoms with E-state index in [1.165, 1.54) is 77.0 Å². The second-order valence-corrected chi connectivity index (χ2v) is 16.9. The molecule has 0 bridgehead atoms. The molecule has 0 aromatic carbocycles. The van der Waals surface area contributed by atoms with Crippen molar-refractivity contribution in [1.82, 2.24) is 0 Å². The molecule has 0 radical (unpaired) electrons. The first-order valence-electron chi connectivity index (χ1n) is 21.9. The predicted octanol–water partition coefficient (Wildman–Crippen LogP) is 8.45. The maximum absolute atomic E-state index is 12.8. The fourth-order valence-electron chi connectivity index (χ4n) is 6.59. The number of hydrogen-bond donors (Lipinski definition) is 4. The normalized spacial score (nSPS) is 20.9. The molecular weight excluding hydrogens is 741 g/mol. The van der Waals surface area contributed by atoms with Crippen molar-refractivity contribution in [2.45, 2.75) is 218 Å². The topological polar surface area (TPSA) is 186 Å². The van der Waals surface area contributed by atoms with Crippen molar-refractivity contribution in [3.63, 3.8) is 0 Å². The standard InChI is InChI=1S/C43H78O12S/c1-3-5-7-9-11-13-15-17-18-20-21-23-25-27-29-31-38(44)52-33-36(34-53-43-42(48)41(47)40(46)37(55-43)35-56(49,50)51)54-39(45)32-30-28-26-24-22-19-16-14-12-10-8-6-4-2/h11,13,17-18,36-37,40-43,46-48H,3-10,12,14-16,19-35H2,1-2H3,(H,49,50,51)/b13-11-,18-17-. The molecular formula is C43H78O12S. The number of allylic oxidation sites excluding steroid dienone is 4. The Morgan fingerprint density at radius 1 is 0.607 bits per heavy atom. The first kappa shape index (κ1) is 52.1. The Hall–Kier alpha value is -1.87. The van der Waals surface area contributed by atoms with Gasteiger partial charge in [0, 0.05) is 12.8 Å². The molecule has 0 aliphatic carbocycles. The average Bonchev–Trinajstić information content (AvgIpc) is 3.16. The zero-order valence-corrected chi connectivity index (χ0v) is 35.6. The van der Waals surface area contributed by atoms with Crippen molar-refractivity contribution < 1.29 is 56.8 Å². The van der Waals surface area contributed by atoms with Gasteiger partial charge in [0.2, 0.25) is 0 Å². The number of ether oxygens (including phenoxy) is 4. The van der Waals surface area contributed by atoms with E-state index in [0.717, 1.165) is 64.2 Å². The number of rotatable bonds is 36. The molecule has 0 aromatic rings. The van der Waals surface area contributed by atoms with E-state index in [1.807, 2.05) is 0 Å². The van der Waals surface area contributed by atoms with E-state index in [1.54, 1.807) is 0 Å². The molecule has 1 rings (SSSR count). The molecule has 56 heavy (non-hydrogen) atoms. The molecule has 6 unspecified atom stereocenters. The largest absolute Gasteiger partial charge is 0.462 e. The summed E-state index contributed by atoms with van der Waals surface area (Å²) in [6, 6.07) is 0. The summed E-state index contributed by atoms with van der Waals surface area (Å²) in [6.45, 7) is 3.71. The third kappa shape index (κ3) is 28.5. The molecule has 1 aliphatic rings. The molecule has 4 N–H and O–H groups in total. The minimum absolute atomic E-state index is 0.165. The van der Waals surface area contributed by atoms with Gasteiger partial charge in [0.25, 0.3) is 10.1 Å². The number of esters is 2. The fraction of sp³-hybridized carbons (Fsp3) is 0.860. The Morgan fingerprint density at radius 3 is 1.61 bits per heavy atom. The van der Waals surface area contributed by atoms with Crippen molar-refractivity contribution in [3.05, 3.63) is 24.3 Å². The summed E-state index contributed by atoms with van der Waals surface area (Å²) >= 11 is 0. The highest BCUT2D eigenvalue weighted by Crippen LogP contribution is 2.24. The van der Waals surface area contributed by atoms with Gasteiger partial charge < -0.3 is 34.3 Å². The molecule has 12 nitrogen and oxygen atoms in total. The van der Waals surface area contributed by atoms with Gasteiger partial charge in [0.05, 0.1) is 6.61 Å². The maximum Gasteiger partial charge on any atom is 0.306 e.